The predicted octanol–water partition coefficient (Wildman–Crippen LogP) is 2.55. The molecule has 0 radical (unpaired) electrons. The summed E-state index contributed by atoms with van der Waals surface area (Å²) in [6.45, 7) is 2.21. The highest BCUT2D eigenvalue weighted by atomic mass is 16.5. The van der Waals surface area contributed by atoms with Crippen LogP contribution in [0, 0.1) is 0 Å². The van der Waals surface area contributed by atoms with Crippen molar-refractivity contribution in [2.45, 2.75) is 38.3 Å². The molecule has 5 heteroatoms. The molecule has 0 aliphatic heterocycles. The van der Waals surface area contributed by atoms with Crippen molar-refractivity contribution in [3.8, 4) is 5.75 Å². The minimum Gasteiger partial charge on any atom is -0.483 e. The van der Waals surface area contributed by atoms with Crippen LogP contribution < -0.4 is 10.5 Å². The molecule has 0 spiro atoms. The lowest BCUT2D eigenvalue weighted by atomic mass is 10.1. The number of benzene rings is 1. The molecule has 0 amide bonds. The van der Waals surface area contributed by atoms with E-state index in [1.165, 1.54) is 0 Å². The summed E-state index contributed by atoms with van der Waals surface area (Å²) in [4.78, 5) is 4.33. The number of hydrogen-bond donors (Lipinski definition) is 1. The Balaban J connectivity index is 1.67. The van der Waals surface area contributed by atoms with E-state index in [4.69, 9.17) is 15.0 Å². The van der Waals surface area contributed by atoms with Gasteiger partial charge < -0.3 is 15.0 Å². The third-order valence-electron chi connectivity index (χ3n) is 3.19. The van der Waals surface area contributed by atoms with E-state index < -0.39 is 0 Å². The van der Waals surface area contributed by atoms with Crippen LogP contribution in [0.4, 0.5) is 0 Å². The molecular formula is C14H17N3O2. The maximum atomic E-state index is 5.90. The second kappa shape index (κ2) is 5.01. The van der Waals surface area contributed by atoms with Gasteiger partial charge in [0.05, 0.1) is 0 Å². The van der Waals surface area contributed by atoms with Crippen molar-refractivity contribution in [3.63, 3.8) is 0 Å². The maximum Gasteiger partial charge on any atom is 0.264 e. The smallest absolute Gasteiger partial charge is 0.264 e. The molecule has 1 aromatic carbocycles. The molecule has 19 heavy (non-hydrogen) atoms. The average molecular weight is 259 g/mol. The molecule has 1 aromatic heterocycles. The van der Waals surface area contributed by atoms with E-state index in [0.29, 0.717) is 11.8 Å². The van der Waals surface area contributed by atoms with Gasteiger partial charge in [0.25, 0.3) is 5.89 Å². The van der Waals surface area contributed by atoms with Gasteiger partial charge in [0.2, 0.25) is 0 Å². The maximum absolute atomic E-state index is 5.90. The Bertz CT molecular complexity index is 561. The van der Waals surface area contributed by atoms with Crippen molar-refractivity contribution in [1.29, 1.82) is 0 Å². The van der Waals surface area contributed by atoms with Gasteiger partial charge in [-0.1, -0.05) is 23.4 Å². The zero-order valence-electron chi connectivity index (χ0n) is 10.9. The highest BCUT2D eigenvalue weighted by Crippen LogP contribution is 2.38. The number of nitrogens with two attached hydrogens (primary N) is 1. The quantitative estimate of drug-likeness (QED) is 0.893. The van der Waals surface area contributed by atoms with Crippen LogP contribution in [-0.4, -0.2) is 10.1 Å². The number of nitrogens with zero attached hydrogens (tertiary/aromatic N) is 2. The van der Waals surface area contributed by atoms with Crippen molar-refractivity contribution in [1.82, 2.24) is 10.1 Å². The molecule has 1 atom stereocenters. The first kappa shape index (κ1) is 12.2. The van der Waals surface area contributed by atoms with E-state index in [1.54, 1.807) is 0 Å². The Morgan fingerprint density at radius 3 is 2.95 bits per heavy atom. The first-order valence-corrected chi connectivity index (χ1v) is 6.54. The van der Waals surface area contributed by atoms with Gasteiger partial charge in [-0.25, -0.2) is 0 Å². The molecule has 1 aliphatic carbocycles. The first-order chi connectivity index (χ1) is 9.24. The topological polar surface area (TPSA) is 74.2 Å². The minimum absolute atomic E-state index is 0.0686. The first-order valence-electron chi connectivity index (χ1n) is 6.54. The molecule has 1 heterocycles. The third kappa shape index (κ3) is 2.76. The summed E-state index contributed by atoms with van der Waals surface area (Å²) in [6, 6.07) is 7.66. The number of ether oxygens (including phenoxy) is 1. The highest BCUT2D eigenvalue weighted by molar-refractivity contribution is 5.35. The summed E-state index contributed by atoms with van der Waals surface area (Å²) >= 11 is 0. The molecule has 0 unspecified atom stereocenters. The largest absolute Gasteiger partial charge is 0.483 e. The van der Waals surface area contributed by atoms with E-state index in [-0.39, 0.29) is 12.6 Å². The molecule has 1 fully saturated rings. The Hall–Kier alpha value is -1.88. The summed E-state index contributed by atoms with van der Waals surface area (Å²) in [7, 11) is 0. The van der Waals surface area contributed by atoms with E-state index >= 15 is 0 Å². The fourth-order valence-electron chi connectivity index (χ4n) is 1.96. The summed E-state index contributed by atoms with van der Waals surface area (Å²) in [5, 5.41) is 3.96. The fraction of sp³-hybridized carbons (Fsp3) is 0.429. The van der Waals surface area contributed by atoms with Gasteiger partial charge in [-0.05, 0) is 25.8 Å². The van der Waals surface area contributed by atoms with Crippen LogP contribution in [0.15, 0.2) is 28.8 Å². The number of hydrogen-bond acceptors (Lipinski definition) is 5. The van der Waals surface area contributed by atoms with Gasteiger partial charge in [0.1, 0.15) is 5.75 Å². The van der Waals surface area contributed by atoms with E-state index in [0.717, 1.165) is 30.0 Å². The van der Waals surface area contributed by atoms with Crippen LogP contribution in [-0.2, 0) is 6.61 Å². The lowest BCUT2D eigenvalue weighted by molar-refractivity contribution is 0.240. The van der Waals surface area contributed by atoms with Gasteiger partial charge in [-0.3, -0.25) is 0 Å². The summed E-state index contributed by atoms with van der Waals surface area (Å²) in [5.74, 6) is 2.58. The van der Waals surface area contributed by atoms with Crippen molar-refractivity contribution >= 4 is 0 Å². The highest BCUT2D eigenvalue weighted by Gasteiger charge is 2.28. The van der Waals surface area contributed by atoms with E-state index in [1.807, 2.05) is 31.2 Å². The second-order valence-electron chi connectivity index (χ2n) is 4.94. The molecule has 1 saturated carbocycles. The number of rotatable bonds is 5. The van der Waals surface area contributed by atoms with Gasteiger partial charge in [0.15, 0.2) is 12.4 Å². The van der Waals surface area contributed by atoms with Gasteiger partial charge >= 0.3 is 0 Å². The van der Waals surface area contributed by atoms with Crippen LogP contribution in [0.2, 0.25) is 0 Å². The summed E-state index contributed by atoms with van der Waals surface area (Å²) < 4.78 is 10.9. The lowest BCUT2D eigenvalue weighted by Gasteiger charge is -2.12. The second-order valence-corrected chi connectivity index (χ2v) is 4.94. The number of para-hydroxylation sites is 1. The molecule has 5 nitrogen and oxygen atoms in total. The monoisotopic (exact) mass is 259 g/mol. The molecule has 100 valence electrons. The molecular weight excluding hydrogens is 242 g/mol. The standard InChI is InChI=1S/C14H17N3O2/c1-9(15)11-4-2-3-5-12(11)18-8-13-16-14(17-19-13)10-6-7-10/h2-5,9-10H,6-8,15H2,1H3/t9-/m1/s1. The Labute approximate surface area is 111 Å². The Morgan fingerprint density at radius 1 is 1.42 bits per heavy atom. The molecule has 3 rings (SSSR count). The minimum atomic E-state index is -0.0686. The normalized spacial score (nSPS) is 16.3. The fourth-order valence-corrected chi connectivity index (χ4v) is 1.96. The zero-order chi connectivity index (χ0) is 13.2. The van der Waals surface area contributed by atoms with E-state index in [2.05, 4.69) is 10.1 Å². The van der Waals surface area contributed by atoms with Crippen molar-refractivity contribution in [3.05, 3.63) is 41.5 Å². The Morgan fingerprint density at radius 2 is 2.21 bits per heavy atom. The average Bonchev–Trinajstić information content (AvgIpc) is 3.16. The molecule has 2 N–H and O–H groups in total. The molecule has 0 saturated heterocycles. The van der Waals surface area contributed by atoms with Gasteiger partial charge in [-0.15, -0.1) is 0 Å². The Kier molecular flexibility index (Phi) is 3.21. The van der Waals surface area contributed by atoms with Crippen LogP contribution in [0.25, 0.3) is 0 Å². The van der Waals surface area contributed by atoms with E-state index in [9.17, 15) is 0 Å². The third-order valence-corrected chi connectivity index (χ3v) is 3.19. The van der Waals surface area contributed by atoms with Crippen molar-refractivity contribution in [2.24, 2.45) is 5.73 Å². The van der Waals surface area contributed by atoms with Crippen molar-refractivity contribution in [2.75, 3.05) is 0 Å². The van der Waals surface area contributed by atoms with Crippen LogP contribution >= 0.6 is 0 Å². The summed E-state index contributed by atoms with van der Waals surface area (Å²) in [6.07, 6.45) is 2.32. The van der Waals surface area contributed by atoms with Gasteiger partial charge in [-0.2, -0.15) is 4.98 Å². The summed E-state index contributed by atoms with van der Waals surface area (Å²) in [5.41, 5.74) is 6.88. The predicted molar refractivity (Wildman–Crippen MR) is 69.6 cm³/mol. The lowest BCUT2D eigenvalue weighted by Crippen LogP contribution is -2.08. The molecule has 1 aliphatic rings. The van der Waals surface area contributed by atoms with Crippen molar-refractivity contribution < 1.29 is 9.26 Å². The van der Waals surface area contributed by atoms with Crippen LogP contribution in [0.1, 0.15) is 49.0 Å². The van der Waals surface area contributed by atoms with Crippen LogP contribution in [0.5, 0.6) is 5.75 Å². The SMILES string of the molecule is C[C@@H](N)c1ccccc1OCc1nc(C2CC2)no1. The zero-order valence-corrected chi connectivity index (χ0v) is 10.9. The number of aromatic nitrogens is 2. The van der Waals surface area contributed by atoms with Crippen LogP contribution in [0.3, 0.4) is 0 Å². The molecule has 0 bridgehead atoms. The molecule has 2 aromatic rings. The van der Waals surface area contributed by atoms with Gasteiger partial charge in [0, 0.05) is 17.5 Å².